The molecule has 0 aliphatic carbocycles. The van der Waals surface area contributed by atoms with Crippen LogP contribution in [0.15, 0.2) is 12.1 Å². The van der Waals surface area contributed by atoms with Gasteiger partial charge in [0.2, 0.25) is 0 Å². The molecule has 0 bridgehead atoms. The molecule has 0 radical (unpaired) electrons. The van der Waals surface area contributed by atoms with Gasteiger partial charge in [-0.25, -0.2) is 4.39 Å². The third kappa shape index (κ3) is 3.53. The van der Waals surface area contributed by atoms with Gasteiger partial charge in [0, 0.05) is 6.54 Å². The first-order valence-corrected chi connectivity index (χ1v) is 5.52. The zero-order valence-corrected chi connectivity index (χ0v) is 10.6. The zero-order valence-electron chi connectivity index (χ0n) is 10.6. The first-order chi connectivity index (χ1) is 7.95. The number of ether oxygens (including phenoxy) is 1. The van der Waals surface area contributed by atoms with Gasteiger partial charge >= 0.3 is 5.97 Å². The van der Waals surface area contributed by atoms with Crippen LogP contribution in [0.25, 0.3) is 0 Å². The molecule has 1 N–H and O–H groups in total. The summed E-state index contributed by atoms with van der Waals surface area (Å²) in [7, 11) is 1.35. The minimum absolute atomic E-state index is 0.172. The minimum atomic E-state index is -0.370. The number of aryl methyl sites for hydroxylation is 2. The van der Waals surface area contributed by atoms with Crippen molar-refractivity contribution in [2.75, 3.05) is 7.11 Å². The molecule has 0 fully saturated rings. The van der Waals surface area contributed by atoms with Crippen molar-refractivity contribution in [2.45, 2.75) is 33.4 Å². The number of hydrogen-bond donors (Lipinski definition) is 1. The molecule has 1 aromatic carbocycles. The fourth-order valence-corrected chi connectivity index (χ4v) is 1.67. The Labute approximate surface area is 101 Å². The van der Waals surface area contributed by atoms with Gasteiger partial charge < -0.3 is 10.1 Å². The lowest BCUT2D eigenvalue weighted by Crippen LogP contribution is -2.34. The molecular formula is C13H18FNO2. The number of carbonyl (C=O) groups excluding carboxylic acids is 1. The molecule has 0 aliphatic rings. The van der Waals surface area contributed by atoms with Gasteiger partial charge in [-0.1, -0.05) is 12.1 Å². The minimum Gasteiger partial charge on any atom is -0.468 e. The van der Waals surface area contributed by atoms with Gasteiger partial charge in [-0.2, -0.15) is 0 Å². The fraction of sp³-hybridized carbons (Fsp3) is 0.462. The predicted molar refractivity (Wildman–Crippen MR) is 64.2 cm³/mol. The third-order valence-electron chi connectivity index (χ3n) is 2.66. The topological polar surface area (TPSA) is 38.3 Å². The molecule has 1 atom stereocenters. The molecular weight excluding hydrogens is 221 g/mol. The fourth-order valence-electron chi connectivity index (χ4n) is 1.67. The molecule has 94 valence electrons. The van der Waals surface area contributed by atoms with Crippen molar-refractivity contribution in [1.29, 1.82) is 0 Å². The van der Waals surface area contributed by atoms with Gasteiger partial charge in [-0.15, -0.1) is 0 Å². The molecule has 0 aromatic heterocycles. The summed E-state index contributed by atoms with van der Waals surface area (Å²) in [5.41, 5.74) is 2.19. The first kappa shape index (κ1) is 13.6. The van der Waals surface area contributed by atoms with Gasteiger partial charge in [0.05, 0.1) is 7.11 Å². The highest BCUT2D eigenvalue weighted by Gasteiger charge is 2.12. The van der Waals surface area contributed by atoms with Gasteiger partial charge in [-0.05, 0) is 37.5 Å². The summed E-state index contributed by atoms with van der Waals surface area (Å²) in [4.78, 5) is 11.2. The number of benzene rings is 1. The highest BCUT2D eigenvalue weighted by molar-refractivity contribution is 5.75. The number of hydrogen-bond acceptors (Lipinski definition) is 3. The average Bonchev–Trinajstić information content (AvgIpc) is 2.31. The number of carbonyl (C=O) groups is 1. The van der Waals surface area contributed by atoms with Crippen molar-refractivity contribution >= 4 is 5.97 Å². The lowest BCUT2D eigenvalue weighted by Gasteiger charge is -2.12. The summed E-state index contributed by atoms with van der Waals surface area (Å²) in [5.74, 6) is -0.477. The van der Waals surface area contributed by atoms with E-state index in [1.54, 1.807) is 32.9 Å². The first-order valence-electron chi connectivity index (χ1n) is 5.52. The molecule has 0 aliphatic heterocycles. The van der Waals surface area contributed by atoms with E-state index in [1.165, 1.54) is 7.11 Å². The van der Waals surface area contributed by atoms with Crippen molar-refractivity contribution in [2.24, 2.45) is 0 Å². The van der Waals surface area contributed by atoms with Crippen LogP contribution in [0.5, 0.6) is 0 Å². The molecule has 3 nitrogen and oxygen atoms in total. The molecule has 0 heterocycles. The number of methoxy groups -OCH3 is 1. The quantitative estimate of drug-likeness (QED) is 0.818. The number of esters is 1. The molecule has 0 spiro atoms. The van der Waals surface area contributed by atoms with Crippen LogP contribution in [0, 0.1) is 19.7 Å². The summed E-state index contributed by atoms with van der Waals surface area (Å²) in [6.07, 6.45) is 0. The monoisotopic (exact) mass is 239 g/mol. The maximum absolute atomic E-state index is 13.4. The van der Waals surface area contributed by atoms with E-state index in [1.807, 2.05) is 0 Å². The Morgan fingerprint density at radius 2 is 1.94 bits per heavy atom. The van der Waals surface area contributed by atoms with Crippen LogP contribution in [0.4, 0.5) is 4.39 Å². The Morgan fingerprint density at radius 1 is 1.41 bits per heavy atom. The Hall–Kier alpha value is -1.42. The summed E-state index contributed by atoms with van der Waals surface area (Å²) in [6.45, 7) is 5.71. The molecule has 0 amide bonds. The highest BCUT2D eigenvalue weighted by atomic mass is 19.1. The molecule has 0 saturated heterocycles. The van der Waals surface area contributed by atoms with Crippen LogP contribution in [0.2, 0.25) is 0 Å². The lowest BCUT2D eigenvalue weighted by molar-refractivity contribution is -0.142. The molecule has 4 heteroatoms. The predicted octanol–water partition coefficient (Wildman–Crippen LogP) is 2.09. The van der Waals surface area contributed by atoms with Crippen LogP contribution in [0.3, 0.4) is 0 Å². The Kier molecular flexibility index (Phi) is 4.63. The van der Waals surface area contributed by atoms with Crippen molar-refractivity contribution < 1.29 is 13.9 Å². The van der Waals surface area contributed by atoms with Crippen molar-refractivity contribution in [3.8, 4) is 0 Å². The molecule has 1 rings (SSSR count). The average molecular weight is 239 g/mol. The molecule has 1 aromatic rings. The highest BCUT2D eigenvalue weighted by Crippen LogP contribution is 2.14. The zero-order chi connectivity index (χ0) is 13.0. The second-order valence-electron chi connectivity index (χ2n) is 4.17. The SMILES string of the molecule is COC(=O)C(C)NCc1cc(C)c(F)c(C)c1. The smallest absolute Gasteiger partial charge is 0.322 e. The van der Waals surface area contributed by atoms with Gasteiger partial charge in [0.1, 0.15) is 11.9 Å². The summed E-state index contributed by atoms with van der Waals surface area (Å²) in [6, 6.07) is 3.18. The van der Waals surface area contributed by atoms with Crippen molar-refractivity contribution in [3.05, 3.63) is 34.6 Å². The van der Waals surface area contributed by atoms with E-state index in [9.17, 15) is 9.18 Å². The maximum Gasteiger partial charge on any atom is 0.322 e. The Morgan fingerprint density at radius 3 is 2.41 bits per heavy atom. The van der Waals surface area contributed by atoms with Gasteiger partial charge in [0.25, 0.3) is 0 Å². The Bertz CT molecular complexity index is 395. The standard InChI is InChI=1S/C13H18FNO2/c1-8-5-11(6-9(2)12(8)14)7-15-10(3)13(16)17-4/h5-6,10,15H,7H2,1-4H3. The van der Waals surface area contributed by atoms with E-state index < -0.39 is 0 Å². The summed E-state index contributed by atoms with van der Waals surface area (Å²) >= 11 is 0. The van der Waals surface area contributed by atoms with Crippen molar-refractivity contribution in [1.82, 2.24) is 5.32 Å². The van der Waals surface area contributed by atoms with Crippen LogP contribution < -0.4 is 5.32 Å². The van der Waals surface area contributed by atoms with E-state index >= 15 is 0 Å². The van der Waals surface area contributed by atoms with Crippen LogP contribution in [0.1, 0.15) is 23.6 Å². The molecule has 1 unspecified atom stereocenters. The van der Waals surface area contributed by atoms with E-state index in [4.69, 9.17) is 0 Å². The Balaban J connectivity index is 2.67. The van der Waals surface area contributed by atoms with E-state index in [0.717, 1.165) is 5.56 Å². The second-order valence-corrected chi connectivity index (χ2v) is 4.17. The third-order valence-corrected chi connectivity index (χ3v) is 2.66. The van der Waals surface area contributed by atoms with Gasteiger partial charge in [-0.3, -0.25) is 4.79 Å². The van der Waals surface area contributed by atoms with Crippen molar-refractivity contribution in [3.63, 3.8) is 0 Å². The number of halogens is 1. The summed E-state index contributed by atoms with van der Waals surface area (Å²) < 4.78 is 18.0. The summed E-state index contributed by atoms with van der Waals surface area (Å²) in [5, 5.41) is 3.03. The van der Waals surface area contributed by atoms with E-state index in [-0.39, 0.29) is 17.8 Å². The maximum atomic E-state index is 13.4. The van der Waals surface area contributed by atoms with Crippen LogP contribution >= 0.6 is 0 Å². The largest absolute Gasteiger partial charge is 0.468 e. The normalized spacial score (nSPS) is 12.3. The number of rotatable bonds is 4. The number of nitrogens with one attached hydrogen (secondary N) is 1. The van der Waals surface area contributed by atoms with Crippen LogP contribution in [-0.4, -0.2) is 19.1 Å². The molecule has 0 saturated carbocycles. The van der Waals surface area contributed by atoms with Gasteiger partial charge in [0.15, 0.2) is 0 Å². The van der Waals surface area contributed by atoms with E-state index in [2.05, 4.69) is 10.1 Å². The lowest BCUT2D eigenvalue weighted by atomic mass is 10.1. The van der Waals surface area contributed by atoms with Crippen LogP contribution in [-0.2, 0) is 16.1 Å². The second kappa shape index (κ2) is 5.77. The van der Waals surface area contributed by atoms with E-state index in [0.29, 0.717) is 17.7 Å². The molecule has 17 heavy (non-hydrogen) atoms.